The Morgan fingerprint density at radius 2 is 2.13 bits per heavy atom. The first-order valence-corrected chi connectivity index (χ1v) is 4.77. The highest BCUT2D eigenvalue weighted by atomic mass is 16.4. The third-order valence-corrected chi connectivity index (χ3v) is 2.52. The van der Waals surface area contributed by atoms with E-state index in [4.69, 9.17) is 5.11 Å². The van der Waals surface area contributed by atoms with Gasteiger partial charge in [0.25, 0.3) is 0 Å². The summed E-state index contributed by atoms with van der Waals surface area (Å²) < 4.78 is 1.73. The smallest absolute Gasteiger partial charge is 0.326 e. The van der Waals surface area contributed by atoms with E-state index in [-0.39, 0.29) is 0 Å². The van der Waals surface area contributed by atoms with E-state index in [1.807, 2.05) is 31.2 Å². The van der Waals surface area contributed by atoms with Gasteiger partial charge in [-0.15, -0.1) is 0 Å². The van der Waals surface area contributed by atoms with E-state index in [1.54, 1.807) is 11.5 Å². The van der Waals surface area contributed by atoms with E-state index in [2.05, 4.69) is 4.98 Å². The lowest BCUT2D eigenvalue weighted by Crippen LogP contribution is -2.16. The molecule has 1 N–H and O–H groups in total. The highest BCUT2D eigenvalue weighted by Gasteiger charge is 2.18. The number of carbonyl (C=O) groups is 1. The van der Waals surface area contributed by atoms with Gasteiger partial charge < -0.3 is 9.67 Å². The molecular weight excluding hydrogens is 192 g/mol. The molecule has 1 heterocycles. The molecule has 0 aliphatic carbocycles. The van der Waals surface area contributed by atoms with Crippen LogP contribution in [0.4, 0.5) is 0 Å². The Kier molecular flexibility index (Phi) is 2.19. The quantitative estimate of drug-likeness (QED) is 0.813. The largest absolute Gasteiger partial charge is 0.480 e. The number of carboxylic acids is 1. The second-order valence-electron chi connectivity index (χ2n) is 3.53. The number of aryl methyl sites for hydroxylation is 1. The van der Waals surface area contributed by atoms with Gasteiger partial charge in [0.05, 0.1) is 11.0 Å². The zero-order valence-electron chi connectivity index (χ0n) is 8.64. The maximum Gasteiger partial charge on any atom is 0.326 e. The Balaban J connectivity index is 2.68. The predicted molar refractivity (Wildman–Crippen MR) is 56.8 cm³/mol. The summed E-state index contributed by atoms with van der Waals surface area (Å²) in [6.45, 7) is 3.48. The first-order valence-electron chi connectivity index (χ1n) is 4.77. The number of benzene rings is 1. The van der Waals surface area contributed by atoms with Gasteiger partial charge in [-0.3, -0.25) is 0 Å². The fourth-order valence-electron chi connectivity index (χ4n) is 1.76. The van der Waals surface area contributed by atoms with Crippen molar-refractivity contribution in [3.63, 3.8) is 0 Å². The van der Waals surface area contributed by atoms with E-state index in [1.165, 1.54) is 0 Å². The number of rotatable bonds is 2. The number of nitrogens with zero attached hydrogens (tertiary/aromatic N) is 2. The van der Waals surface area contributed by atoms with Crippen molar-refractivity contribution in [3.8, 4) is 0 Å². The minimum atomic E-state index is -0.846. The fourth-order valence-corrected chi connectivity index (χ4v) is 1.76. The fraction of sp³-hybridized carbons (Fsp3) is 0.273. The minimum absolute atomic E-state index is 0.586. The molecule has 1 aromatic heterocycles. The zero-order chi connectivity index (χ0) is 11.0. The monoisotopic (exact) mass is 204 g/mol. The van der Waals surface area contributed by atoms with Gasteiger partial charge in [0.15, 0.2) is 0 Å². The summed E-state index contributed by atoms with van der Waals surface area (Å²) >= 11 is 0. The standard InChI is InChI=1S/C11H12N2O2/c1-7(11(14)15)13-8(2)12-9-5-3-4-6-10(9)13/h3-7H,1-2H3,(H,14,15)/t7-/m1/s1. The van der Waals surface area contributed by atoms with Gasteiger partial charge >= 0.3 is 5.97 Å². The summed E-state index contributed by atoms with van der Waals surface area (Å²) in [6, 6.07) is 6.96. The van der Waals surface area contributed by atoms with Crippen LogP contribution in [0.15, 0.2) is 24.3 Å². The van der Waals surface area contributed by atoms with Gasteiger partial charge in [-0.1, -0.05) is 12.1 Å². The number of hydrogen-bond donors (Lipinski definition) is 1. The molecule has 2 rings (SSSR count). The van der Waals surface area contributed by atoms with E-state index >= 15 is 0 Å². The number of aliphatic carboxylic acids is 1. The lowest BCUT2D eigenvalue weighted by atomic mass is 10.3. The number of carboxylic acid groups (broad SMARTS) is 1. The average Bonchev–Trinajstić information content (AvgIpc) is 2.52. The van der Waals surface area contributed by atoms with Crippen LogP contribution < -0.4 is 0 Å². The van der Waals surface area contributed by atoms with Crippen molar-refractivity contribution in [1.29, 1.82) is 0 Å². The lowest BCUT2D eigenvalue weighted by Gasteiger charge is -2.11. The van der Waals surface area contributed by atoms with E-state index in [0.717, 1.165) is 16.9 Å². The average molecular weight is 204 g/mol. The van der Waals surface area contributed by atoms with Gasteiger partial charge in [0.2, 0.25) is 0 Å². The molecule has 4 nitrogen and oxygen atoms in total. The Morgan fingerprint density at radius 3 is 2.80 bits per heavy atom. The maximum atomic E-state index is 10.9. The zero-order valence-corrected chi connectivity index (χ0v) is 8.64. The van der Waals surface area contributed by atoms with Crippen LogP contribution in [-0.2, 0) is 4.79 Å². The molecule has 0 spiro atoms. The Hall–Kier alpha value is -1.84. The molecule has 0 saturated heterocycles. The molecule has 0 aliphatic rings. The molecule has 1 atom stereocenters. The molecule has 0 unspecified atom stereocenters. The van der Waals surface area contributed by atoms with Crippen molar-refractivity contribution < 1.29 is 9.90 Å². The molecule has 0 bridgehead atoms. The predicted octanol–water partition coefficient (Wildman–Crippen LogP) is 1.99. The number of aromatic nitrogens is 2. The molecule has 0 fully saturated rings. The molecule has 0 amide bonds. The molecule has 1 aromatic carbocycles. The molecule has 0 radical (unpaired) electrons. The highest BCUT2D eigenvalue weighted by Crippen LogP contribution is 2.20. The number of para-hydroxylation sites is 2. The van der Waals surface area contributed by atoms with Crippen LogP contribution in [0.25, 0.3) is 11.0 Å². The molecule has 2 aromatic rings. The molecular formula is C11H12N2O2. The number of imidazole rings is 1. The van der Waals surface area contributed by atoms with E-state index in [9.17, 15) is 4.79 Å². The van der Waals surface area contributed by atoms with Crippen LogP contribution in [0, 0.1) is 6.92 Å². The second-order valence-corrected chi connectivity index (χ2v) is 3.53. The number of hydrogen-bond acceptors (Lipinski definition) is 2. The summed E-state index contributed by atoms with van der Waals surface area (Å²) in [6.07, 6.45) is 0. The van der Waals surface area contributed by atoms with Crippen LogP contribution in [0.3, 0.4) is 0 Å². The summed E-state index contributed by atoms with van der Waals surface area (Å²) in [4.78, 5) is 15.3. The van der Waals surface area contributed by atoms with Crippen molar-refractivity contribution in [2.45, 2.75) is 19.9 Å². The summed E-state index contributed by atoms with van der Waals surface area (Å²) in [7, 11) is 0. The third-order valence-electron chi connectivity index (χ3n) is 2.52. The Labute approximate surface area is 87.2 Å². The van der Waals surface area contributed by atoms with Crippen molar-refractivity contribution in [2.75, 3.05) is 0 Å². The van der Waals surface area contributed by atoms with E-state index < -0.39 is 12.0 Å². The van der Waals surface area contributed by atoms with Crippen molar-refractivity contribution in [2.24, 2.45) is 0 Å². The van der Waals surface area contributed by atoms with Gasteiger partial charge in [0, 0.05) is 0 Å². The highest BCUT2D eigenvalue weighted by molar-refractivity contribution is 5.80. The van der Waals surface area contributed by atoms with Crippen molar-refractivity contribution in [3.05, 3.63) is 30.1 Å². The first kappa shape index (κ1) is 9.71. The van der Waals surface area contributed by atoms with Gasteiger partial charge in [0.1, 0.15) is 11.9 Å². The van der Waals surface area contributed by atoms with Gasteiger partial charge in [-0.2, -0.15) is 0 Å². The Bertz CT molecular complexity index is 516. The Morgan fingerprint density at radius 1 is 1.47 bits per heavy atom. The molecule has 0 saturated carbocycles. The molecule has 0 aliphatic heterocycles. The second kappa shape index (κ2) is 3.38. The maximum absolute atomic E-state index is 10.9. The van der Waals surface area contributed by atoms with Crippen LogP contribution in [0.2, 0.25) is 0 Å². The normalized spacial score (nSPS) is 12.9. The van der Waals surface area contributed by atoms with Crippen molar-refractivity contribution >= 4 is 17.0 Å². The summed E-state index contributed by atoms with van der Waals surface area (Å²) in [5.41, 5.74) is 1.70. The van der Waals surface area contributed by atoms with Gasteiger partial charge in [-0.05, 0) is 26.0 Å². The van der Waals surface area contributed by atoms with Crippen molar-refractivity contribution in [1.82, 2.24) is 9.55 Å². The molecule has 78 valence electrons. The summed E-state index contributed by atoms with van der Waals surface area (Å²) in [5.74, 6) is -0.118. The van der Waals surface area contributed by atoms with E-state index in [0.29, 0.717) is 0 Å². The SMILES string of the molecule is Cc1nc2ccccc2n1[C@H](C)C(=O)O. The third kappa shape index (κ3) is 1.48. The minimum Gasteiger partial charge on any atom is -0.480 e. The van der Waals surface area contributed by atoms with Crippen LogP contribution in [0.5, 0.6) is 0 Å². The molecule has 4 heteroatoms. The lowest BCUT2D eigenvalue weighted by molar-refractivity contribution is -0.140. The first-order chi connectivity index (χ1) is 7.11. The van der Waals surface area contributed by atoms with Crippen LogP contribution in [0.1, 0.15) is 18.8 Å². The topological polar surface area (TPSA) is 55.1 Å². The van der Waals surface area contributed by atoms with Crippen LogP contribution in [-0.4, -0.2) is 20.6 Å². The summed E-state index contributed by atoms with van der Waals surface area (Å²) in [5, 5.41) is 8.99. The molecule has 15 heavy (non-hydrogen) atoms. The number of fused-ring (bicyclic) bond motifs is 1. The van der Waals surface area contributed by atoms with Gasteiger partial charge in [-0.25, -0.2) is 9.78 Å². The van der Waals surface area contributed by atoms with Crippen LogP contribution >= 0.6 is 0 Å².